The molecular weight excluding hydrogens is 208 g/mol. The van der Waals surface area contributed by atoms with Gasteiger partial charge in [-0.15, -0.1) is 0 Å². The first-order chi connectivity index (χ1) is 7.26. The molecule has 0 spiro atoms. The normalized spacial score (nSPS) is 12.1. The summed E-state index contributed by atoms with van der Waals surface area (Å²) in [4.78, 5) is 0. The van der Waals surface area contributed by atoms with Crippen molar-refractivity contribution < 1.29 is 0 Å². The predicted octanol–water partition coefficient (Wildman–Crippen LogP) is 2.98. The fourth-order valence-corrected chi connectivity index (χ4v) is 1.40. The summed E-state index contributed by atoms with van der Waals surface area (Å²) in [7, 11) is 0. The Morgan fingerprint density at radius 3 is 2.60 bits per heavy atom. The summed E-state index contributed by atoms with van der Waals surface area (Å²) in [6, 6.07) is 9.99. The molecule has 1 atom stereocenters. The third-order valence-corrected chi connectivity index (χ3v) is 2.56. The molecule has 1 unspecified atom stereocenters. The van der Waals surface area contributed by atoms with Crippen molar-refractivity contribution in [1.29, 1.82) is 5.26 Å². The van der Waals surface area contributed by atoms with E-state index in [0.29, 0.717) is 0 Å². The number of benzene rings is 1. The molecule has 0 aliphatic rings. The van der Waals surface area contributed by atoms with Crippen LogP contribution in [0.2, 0.25) is 5.02 Å². The van der Waals surface area contributed by atoms with Crippen LogP contribution in [0.1, 0.15) is 18.9 Å². The van der Waals surface area contributed by atoms with Crippen LogP contribution in [0.3, 0.4) is 0 Å². The molecule has 0 fully saturated rings. The second kappa shape index (κ2) is 6.44. The van der Waals surface area contributed by atoms with Gasteiger partial charge in [0, 0.05) is 18.1 Å². The zero-order valence-electron chi connectivity index (χ0n) is 8.83. The number of hydrogen-bond acceptors (Lipinski definition) is 2. The zero-order chi connectivity index (χ0) is 11.1. The summed E-state index contributed by atoms with van der Waals surface area (Å²) in [6.45, 7) is 3.56. The van der Waals surface area contributed by atoms with Gasteiger partial charge in [-0.3, -0.25) is 0 Å². The molecule has 1 N–H and O–H groups in total. The van der Waals surface area contributed by atoms with E-state index < -0.39 is 0 Å². The number of nitrogens with zero attached hydrogens (tertiary/aromatic N) is 1. The van der Waals surface area contributed by atoms with E-state index in [-0.39, 0.29) is 5.92 Å². The van der Waals surface area contributed by atoms with E-state index in [2.05, 4.69) is 11.4 Å². The molecule has 0 amide bonds. The zero-order valence-corrected chi connectivity index (χ0v) is 9.59. The van der Waals surface area contributed by atoms with Crippen LogP contribution in [0.15, 0.2) is 24.3 Å². The number of nitriles is 1. The molecule has 2 nitrogen and oxygen atoms in total. The summed E-state index contributed by atoms with van der Waals surface area (Å²) in [5, 5.41) is 12.8. The minimum absolute atomic E-state index is 0.109. The second-order valence-electron chi connectivity index (χ2n) is 3.49. The average Bonchev–Trinajstić information content (AvgIpc) is 2.27. The molecule has 0 heterocycles. The molecular formula is C12H15ClN2. The van der Waals surface area contributed by atoms with E-state index in [1.165, 1.54) is 5.56 Å². The lowest BCUT2D eigenvalue weighted by atomic mass is 10.1. The van der Waals surface area contributed by atoms with Gasteiger partial charge in [0.1, 0.15) is 0 Å². The first-order valence-electron chi connectivity index (χ1n) is 5.11. The van der Waals surface area contributed by atoms with Crippen LogP contribution in [0.25, 0.3) is 0 Å². The number of nitrogens with one attached hydrogen (secondary N) is 1. The second-order valence-corrected chi connectivity index (χ2v) is 3.93. The van der Waals surface area contributed by atoms with Gasteiger partial charge in [-0.2, -0.15) is 5.26 Å². The Hall–Kier alpha value is -1.04. The number of hydrogen-bond donors (Lipinski definition) is 1. The van der Waals surface area contributed by atoms with Crippen molar-refractivity contribution in [2.24, 2.45) is 5.92 Å². The molecule has 1 aromatic carbocycles. The van der Waals surface area contributed by atoms with Gasteiger partial charge in [0.25, 0.3) is 0 Å². The highest BCUT2D eigenvalue weighted by atomic mass is 35.5. The van der Waals surface area contributed by atoms with Crippen molar-refractivity contribution in [3.8, 4) is 6.07 Å². The molecule has 1 rings (SSSR count). The smallest absolute Gasteiger partial charge is 0.0669 e. The van der Waals surface area contributed by atoms with Gasteiger partial charge >= 0.3 is 0 Å². The average molecular weight is 223 g/mol. The fourth-order valence-electron chi connectivity index (χ4n) is 1.27. The summed E-state index contributed by atoms with van der Waals surface area (Å²) in [6.07, 6.45) is 0.893. The molecule has 80 valence electrons. The van der Waals surface area contributed by atoms with E-state index in [4.69, 9.17) is 16.9 Å². The Balaban J connectivity index is 2.32. The van der Waals surface area contributed by atoms with Crippen LogP contribution in [0, 0.1) is 17.2 Å². The molecule has 0 aliphatic heterocycles. The van der Waals surface area contributed by atoms with Gasteiger partial charge in [0.2, 0.25) is 0 Å². The minimum atomic E-state index is 0.109. The van der Waals surface area contributed by atoms with Crippen LogP contribution >= 0.6 is 11.6 Å². The SMILES string of the molecule is CCC(C#N)CNCc1ccc(Cl)cc1. The van der Waals surface area contributed by atoms with E-state index in [0.717, 1.165) is 24.5 Å². The highest BCUT2D eigenvalue weighted by Crippen LogP contribution is 2.09. The lowest BCUT2D eigenvalue weighted by Crippen LogP contribution is -2.21. The van der Waals surface area contributed by atoms with Crippen LogP contribution in [0.5, 0.6) is 0 Å². The quantitative estimate of drug-likeness (QED) is 0.832. The van der Waals surface area contributed by atoms with E-state index in [9.17, 15) is 0 Å². The lowest BCUT2D eigenvalue weighted by molar-refractivity contribution is 0.553. The Morgan fingerprint density at radius 1 is 1.40 bits per heavy atom. The van der Waals surface area contributed by atoms with Crippen molar-refractivity contribution in [3.63, 3.8) is 0 Å². The van der Waals surface area contributed by atoms with E-state index >= 15 is 0 Å². The molecule has 0 aliphatic carbocycles. The highest BCUT2D eigenvalue weighted by Gasteiger charge is 2.02. The third-order valence-electron chi connectivity index (χ3n) is 2.31. The molecule has 0 saturated heterocycles. The first-order valence-corrected chi connectivity index (χ1v) is 5.48. The summed E-state index contributed by atoms with van der Waals surface area (Å²) >= 11 is 5.78. The van der Waals surface area contributed by atoms with Crippen LogP contribution in [0.4, 0.5) is 0 Å². The van der Waals surface area contributed by atoms with Gasteiger partial charge in [0.05, 0.1) is 12.0 Å². The van der Waals surface area contributed by atoms with Gasteiger partial charge in [-0.05, 0) is 24.1 Å². The Bertz CT molecular complexity index is 326. The molecule has 1 aromatic rings. The molecule has 15 heavy (non-hydrogen) atoms. The number of halogens is 1. The first kappa shape index (κ1) is 12.0. The molecule has 0 aromatic heterocycles. The summed E-state index contributed by atoms with van der Waals surface area (Å²) < 4.78 is 0. The molecule has 0 bridgehead atoms. The number of rotatable bonds is 5. The maximum atomic E-state index is 8.75. The van der Waals surface area contributed by atoms with Crippen LogP contribution in [-0.2, 0) is 6.54 Å². The molecule has 3 heteroatoms. The van der Waals surface area contributed by atoms with Gasteiger partial charge in [0.15, 0.2) is 0 Å². The Labute approximate surface area is 95.9 Å². The van der Waals surface area contributed by atoms with Gasteiger partial charge in [-0.1, -0.05) is 30.7 Å². The maximum absolute atomic E-state index is 8.75. The van der Waals surface area contributed by atoms with Crippen LogP contribution < -0.4 is 5.32 Å². The summed E-state index contributed by atoms with van der Waals surface area (Å²) in [5.74, 6) is 0.109. The van der Waals surface area contributed by atoms with Crippen molar-refractivity contribution in [1.82, 2.24) is 5.32 Å². The predicted molar refractivity (Wildman–Crippen MR) is 62.6 cm³/mol. The third kappa shape index (κ3) is 4.33. The molecule has 0 saturated carbocycles. The lowest BCUT2D eigenvalue weighted by Gasteiger charge is -2.07. The maximum Gasteiger partial charge on any atom is 0.0669 e. The van der Waals surface area contributed by atoms with Gasteiger partial charge in [-0.25, -0.2) is 0 Å². The Kier molecular flexibility index (Phi) is 5.17. The van der Waals surface area contributed by atoms with Crippen molar-refractivity contribution >= 4 is 11.6 Å². The van der Waals surface area contributed by atoms with E-state index in [1.54, 1.807) is 0 Å². The fraction of sp³-hybridized carbons (Fsp3) is 0.417. The minimum Gasteiger partial charge on any atom is -0.311 e. The molecule has 0 radical (unpaired) electrons. The van der Waals surface area contributed by atoms with Crippen molar-refractivity contribution in [2.45, 2.75) is 19.9 Å². The standard InChI is InChI=1S/C12H15ClN2/c1-2-10(7-14)8-15-9-11-3-5-12(13)6-4-11/h3-6,10,15H,2,8-9H2,1H3. The van der Waals surface area contributed by atoms with Gasteiger partial charge < -0.3 is 5.32 Å². The monoisotopic (exact) mass is 222 g/mol. The summed E-state index contributed by atoms with van der Waals surface area (Å²) in [5.41, 5.74) is 1.19. The van der Waals surface area contributed by atoms with Crippen molar-refractivity contribution in [2.75, 3.05) is 6.54 Å². The largest absolute Gasteiger partial charge is 0.311 e. The van der Waals surface area contributed by atoms with Crippen molar-refractivity contribution in [3.05, 3.63) is 34.9 Å². The van der Waals surface area contributed by atoms with E-state index in [1.807, 2.05) is 31.2 Å². The topological polar surface area (TPSA) is 35.8 Å². The van der Waals surface area contributed by atoms with Crippen LogP contribution in [-0.4, -0.2) is 6.54 Å². The Morgan fingerprint density at radius 2 is 2.07 bits per heavy atom. The highest BCUT2D eigenvalue weighted by molar-refractivity contribution is 6.30.